The maximum absolute atomic E-state index is 5.86. The summed E-state index contributed by atoms with van der Waals surface area (Å²) in [5.74, 6) is 1.76. The van der Waals surface area contributed by atoms with Crippen LogP contribution in [-0.4, -0.2) is 19.3 Å². The van der Waals surface area contributed by atoms with Gasteiger partial charge in [-0.2, -0.15) is 0 Å². The van der Waals surface area contributed by atoms with Gasteiger partial charge in [0.1, 0.15) is 11.5 Å². The highest BCUT2D eigenvalue weighted by atomic mass is 16.5. The molecular weight excluding hydrogens is 250 g/mol. The molecule has 0 radical (unpaired) electrons. The largest absolute Gasteiger partial charge is 0.497 e. The first-order valence-electron chi connectivity index (χ1n) is 7.01. The molecule has 0 atom stereocenters. The Morgan fingerprint density at radius 2 is 2.00 bits per heavy atom. The minimum Gasteiger partial charge on any atom is -0.497 e. The Labute approximate surface area is 123 Å². The summed E-state index contributed by atoms with van der Waals surface area (Å²) in [6, 6.07) is 5.92. The van der Waals surface area contributed by atoms with Gasteiger partial charge in [0.2, 0.25) is 0 Å². The Morgan fingerprint density at radius 3 is 2.55 bits per heavy atom. The zero-order chi connectivity index (χ0) is 15.2. The van der Waals surface area contributed by atoms with E-state index in [4.69, 9.17) is 9.47 Å². The number of ether oxygens (including phenoxy) is 2. The van der Waals surface area contributed by atoms with Gasteiger partial charge in [-0.15, -0.1) is 6.58 Å². The van der Waals surface area contributed by atoms with Crippen LogP contribution in [0, 0.1) is 0 Å². The van der Waals surface area contributed by atoms with Gasteiger partial charge in [0.15, 0.2) is 0 Å². The summed E-state index contributed by atoms with van der Waals surface area (Å²) in [6.07, 6.45) is 0.873. The molecule has 1 aromatic carbocycles. The van der Waals surface area contributed by atoms with Gasteiger partial charge in [0.05, 0.1) is 13.7 Å². The summed E-state index contributed by atoms with van der Waals surface area (Å²) in [7, 11) is 1.68. The Balaban J connectivity index is 2.78. The van der Waals surface area contributed by atoms with Crippen molar-refractivity contribution in [3.8, 4) is 11.5 Å². The van der Waals surface area contributed by atoms with Crippen LogP contribution in [0.2, 0.25) is 0 Å². The van der Waals surface area contributed by atoms with Crippen molar-refractivity contribution < 1.29 is 9.47 Å². The molecule has 0 saturated heterocycles. The molecule has 0 fully saturated rings. The molecule has 3 heteroatoms. The second kappa shape index (κ2) is 7.34. The standard InChI is InChI=1S/C17H27NO2/c1-13(2)9-10-20-16-8-7-15(19-6)11-14(16)12-18-17(3,4)5/h7-8,11,18H,1,9-10,12H2,2-6H3. The second-order valence-electron chi connectivity index (χ2n) is 6.13. The fourth-order valence-corrected chi connectivity index (χ4v) is 1.66. The van der Waals surface area contributed by atoms with Crippen LogP contribution in [0.1, 0.15) is 39.7 Å². The van der Waals surface area contributed by atoms with Crippen molar-refractivity contribution in [1.29, 1.82) is 0 Å². The Kier molecular flexibility index (Phi) is 6.08. The molecule has 0 bridgehead atoms. The molecule has 1 aromatic rings. The lowest BCUT2D eigenvalue weighted by molar-refractivity contribution is 0.314. The SMILES string of the molecule is C=C(C)CCOc1ccc(OC)cc1CNC(C)(C)C. The monoisotopic (exact) mass is 277 g/mol. The third-order valence-electron chi connectivity index (χ3n) is 2.86. The average molecular weight is 277 g/mol. The van der Waals surface area contributed by atoms with Gasteiger partial charge < -0.3 is 14.8 Å². The summed E-state index contributed by atoms with van der Waals surface area (Å²) >= 11 is 0. The fraction of sp³-hybridized carbons (Fsp3) is 0.529. The summed E-state index contributed by atoms with van der Waals surface area (Å²) in [5, 5.41) is 3.48. The van der Waals surface area contributed by atoms with Crippen LogP contribution in [0.25, 0.3) is 0 Å². The van der Waals surface area contributed by atoms with Crippen molar-refractivity contribution in [2.24, 2.45) is 0 Å². The lowest BCUT2D eigenvalue weighted by atomic mass is 10.1. The quantitative estimate of drug-likeness (QED) is 0.766. The van der Waals surface area contributed by atoms with Crippen LogP contribution in [0.5, 0.6) is 11.5 Å². The molecule has 0 unspecified atom stereocenters. The molecule has 0 spiro atoms. The molecule has 0 amide bonds. The van der Waals surface area contributed by atoms with Crippen LogP contribution in [0.4, 0.5) is 0 Å². The molecule has 112 valence electrons. The lowest BCUT2D eigenvalue weighted by Crippen LogP contribution is -2.35. The highest BCUT2D eigenvalue weighted by Crippen LogP contribution is 2.25. The van der Waals surface area contributed by atoms with Gasteiger partial charge >= 0.3 is 0 Å². The average Bonchev–Trinajstić information content (AvgIpc) is 2.36. The van der Waals surface area contributed by atoms with Crippen LogP contribution < -0.4 is 14.8 Å². The smallest absolute Gasteiger partial charge is 0.124 e. The third kappa shape index (κ3) is 6.11. The van der Waals surface area contributed by atoms with E-state index in [1.54, 1.807) is 7.11 Å². The van der Waals surface area contributed by atoms with Gasteiger partial charge in [-0.05, 0) is 45.9 Å². The Bertz CT molecular complexity index is 447. The molecule has 0 aliphatic rings. The minimum absolute atomic E-state index is 0.0675. The van der Waals surface area contributed by atoms with Crippen molar-refractivity contribution in [2.45, 2.75) is 46.2 Å². The molecule has 1 rings (SSSR count). The number of nitrogens with one attached hydrogen (secondary N) is 1. The number of hydrogen-bond donors (Lipinski definition) is 1. The summed E-state index contributed by atoms with van der Waals surface area (Å²) in [6.45, 7) is 13.8. The van der Waals surface area contributed by atoms with E-state index in [2.05, 4.69) is 32.7 Å². The van der Waals surface area contributed by atoms with E-state index in [9.17, 15) is 0 Å². The first kappa shape index (κ1) is 16.6. The van der Waals surface area contributed by atoms with E-state index < -0.39 is 0 Å². The minimum atomic E-state index is 0.0675. The molecular formula is C17H27NO2. The van der Waals surface area contributed by atoms with Crippen LogP contribution in [0.15, 0.2) is 30.4 Å². The summed E-state index contributed by atoms with van der Waals surface area (Å²) in [4.78, 5) is 0. The number of hydrogen-bond acceptors (Lipinski definition) is 3. The van der Waals surface area contributed by atoms with Gasteiger partial charge in [-0.1, -0.05) is 5.57 Å². The van der Waals surface area contributed by atoms with Crippen LogP contribution in [0.3, 0.4) is 0 Å². The molecule has 0 aromatic heterocycles. The highest BCUT2D eigenvalue weighted by Gasteiger charge is 2.12. The summed E-state index contributed by atoms with van der Waals surface area (Å²) in [5.41, 5.74) is 2.31. The van der Waals surface area contributed by atoms with E-state index in [1.807, 2.05) is 25.1 Å². The lowest BCUT2D eigenvalue weighted by Gasteiger charge is -2.22. The van der Waals surface area contributed by atoms with Crippen LogP contribution in [-0.2, 0) is 6.54 Å². The highest BCUT2D eigenvalue weighted by molar-refractivity contribution is 5.40. The molecule has 0 aliphatic heterocycles. The van der Waals surface area contributed by atoms with Crippen molar-refractivity contribution in [3.05, 3.63) is 35.9 Å². The fourth-order valence-electron chi connectivity index (χ4n) is 1.66. The van der Waals surface area contributed by atoms with Gasteiger partial charge in [0, 0.05) is 24.1 Å². The van der Waals surface area contributed by atoms with Gasteiger partial charge in [-0.25, -0.2) is 0 Å². The Morgan fingerprint density at radius 1 is 1.30 bits per heavy atom. The first-order valence-corrected chi connectivity index (χ1v) is 7.01. The first-order chi connectivity index (χ1) is 9.31. The predicted molar refractivity (Wildman–Crippen MR) is 84.5 cm³/mol. The van der Waals surface area contributed by atoms with E-state index in [0.717, 1.165) is 35.6 Å². The van der Waals surface area contributed by atoms with Crippen molar-refractivity contribution in [1.82, 2.24) is 5.32 Å². The molecule has 3 nitrogen and oxygen atoms in total. The van der Waals surface area contributed by atoms with Crippen LogP contribution >= 0.6 is 0 Å². The number of benzene rings is 1. The zero-order valence-electron chi connectivity index (χ0n) is 13.4. The van der Waals surface area contributed by atoms with E-state index in [1.165, 1.54) is 0 Å². The maximum Gasteiger partial charge on any atom is 0.124 e. The Hall–Kier alpha value is -1.48. The molecule has 0 aliphatic carbocycles. The normalized spacial score (nSPS) is 11.2. The summed E-state index contributed by atoms with van der Waals surface area (Å²) < 4.78 is 11.1. The van der Waals surface area contributed by atoms with Crippen molar-refractivity contribution in [3.63, 3.8) is 0 Å². The maximum atomic E-state index is 5.86. The third-order valence-corrected chi connectivity index (χ3v) is 2.86. The number of methoxy groups -OCH3 is 1. The molecule has 0 heterocycles. The number of rotatable bonds is 7. The van der Waals surface area contributed by atoms with E-state index in [-0.39, 0.29) is 5.54 Å². The predicted octanol–water partition coefficient (Wildman–Crippen LogP) is 3.93. The van der Waals surface area contributed by atoms with Crippen molar-refractivity contribution >= 4 is 0 Å². The van der Waals surface area contributed by atoms with Crippen molar-refractivity contribution in [2.75, 3.05) is 13.7 Å². The van der Waals surface area contributed by atoms with E-state index >= 15 is 0 Å². The van der Waals surface area contributed by atoms with E-state index in [0.29, 0.717) is 6.61 Å². The zero-order valence-corrected chi connectivity index (χ0v) is 13.4. The molecule has 0 saturated carbocycles. The second-order valence-corrected chi connectivity index (χ2v) is 6.13. The van der Waals surface area contributed by atoms with Gasteiger partial charge in [-0.3, -0.25) is 0 Å². The topological polar surface area (TPSA) is 30.5 Å². The molecule has 1 N–H and O–H groups in total. The van der Waals surface area contributed by atoms with Gasteiger partial charge in [0.25, 0.3) is 0 Å². The molecule has 20 heavy (non-hydrogen) atoms.